The number of thioether (sulfide) groups is 1. The second-order valence-electron chi connectivity index (χ2n) is 7.32. The van der Waals surface area contributed by atoms with Gasteiger partial charge in [-0.3, -0.25) is 15.0 Å². The van der Waals surface area contributed by atoms with Crippen molar-refractivity contribution in [1.82, 2.24) is 15.0 Å². The van der Waals surface area contributed by atoms with Gasteiger partial charge >= 0.3 is 0 Å². The van der Waals surface area contributed by atoms with Gasteiger partial charge in [-0.05, 0) is 92.3 Å². The maximum absolute atomic E-state index is 13.0. The van der Waals surface area contributed by atoms with Gasteiger partial charge in [-0.1, -0.05) is 23.4 Å². The molecule has 0 unspecified atom stereocenters. The number of methoxy groups -OCH3 is 1. The lowest BCUT2D eigenvalue weighted by molar-refractivity contribution is -0.123. The van der Waals surface area contributed by atoms with Crippen LogP contribution in [0.2, 0.25) is 5.02 Å². The molecule has 2 aromatic carbocycles. The van der Waals surface area contributed by atoms with Crippen LogP contribution in [0, 0.1) is 13.8 Å². The van der Waals surface area contributed by atoms with Crippen molar-refractivity contribution < 1.29 is 14.3 Å². The maximum Gasteiger partial charge on any atom is 0.285 e. The molecule has 1 N–H and O–H groups in total. The van der Waals surface area contributed by atoms with Crippen LogP contribution in [0.15, 0.2) is 59.5 Å². The molecule has 3 aromatic rings. The summed E-state index contributed by atoms with van der Waals surface area (Å²) in [6.07, 6.45) is 1.80. The number of rotatable bonds is 5. The van der Waals surface area contributed by atoms with Gasteiger partial charge in [0.25, 0.3) is 11.8 Å². The Morgan fingerprint density at radius 2 is 1.79 bits per heavy atom. The number of hydrazine groups is 1. The summed E-state index contributed by atoms with van der Waals surface area (Å²) in [5, 5.41) is 1.78. The van der Waals surface area contributed by atoms with Gasteiger partial charge in [0.2, 0.25) is 0 Å². The van der Waals surface area contributed by atoms with Crippen LogP contribution in [0.3, 0.4) is 0 Å². The number of ether oxygens (including phenoxy) is 1. The van der Waals surface area contributed by atoms with Gasteiger partial charge < -0.3 is 9.30 Å². The Labute approximate surface area is 206 Å². The molecule has 4 rings (SSSR count). The molecular weight excluding hydrogens is 478 g/mol. The number of carbonyl (C=O) groups is 2. The molecule has 0 aliphatic carbocycles. The van der Waals surface area contributed by atoms with Gasteiger partial charge in [-0.2, -0.15) is 5.01 Å². The van der Waals surface area contributed by atoms with E-state index in [4.69, 9.17) is 28.6 Å². The standard InChI is InChI=1S/C24H20ClN3O3S2/c1-14-12-17(15(2)27(14)19-8-6-18(25)7-9-19)13-21-23(30)28(24(32)33-21)26-22(29)16-4-10-20(31-3)11-5-16/h4-13H,1-3H3,(H,26,29)/b21-13+. The van der Waals surface area contributed by atoms with E-state index >= 15 is 0 Å². The lowest BCUT2D eigenvalue weighted by Gasteiger charge is -2.15. The van der Waals surface area contributed by atoms with Crippen LogP contribution in [-0.2, 0) is 4.79 Å². The zero-order valence-corrected chi connectivity index (χ0v) is 20.5. The number of halogens is 1. The molecule has 0 spiro atoms. The topological polar surface area (TPSA) is 63.6 Å². The molecular formula is C24H20ClN3O3S2. The molecule has 1 aliphatic heterocycles. The molecule has 0 radical (unpaired) electrons. The highest BCUT2D eigenvalue weighted by Gasteiger charge is 2.34. The Kier molecular flexibility index (Phi) is 6.60. The monoisotopic (exact) mass is 497 g/mol. The van der Waals surface area contributed by atoms with Crippen LogP contribution < -0.4 is 10.2 Å². The summed E-state index contributed by atoms with van der Waals surface area (Å²) in [6, 6.07) is 16.2. The molecule has 0 bridgehead atoms. The summed E-state index contributed by atoms with van der Waals surface area (Å²) in [5.41, 5.74) is 6.85. The molecule has 0 saturated carbocycles. The Balaban J connectivity index is 1.56. The molecule has 33 heavy (non-hydrogen) atoms. The van der Waals surface area contributed by atoms with Crippen LogP contribution in [0.4, 0.5) is 0 Å². The summed E-state index contributed by atoms with van der Waals surface area (Å²) in [4.78, 5) is 26.0. The molecule has 1 fully saturated rings. The Morgan fingerprint density at radius 3 is 2.42 bits per heavy atom. The van der Waals surface area contributed by atoms with Crippen molar-refractivity contribution in [2.75, 3.05) is 7.11 Å². The number of nitrogens with one attached hydrogen (secondary N) is 1. The number of hydrogen-bond donors (Lipinski definition) is 1. The van der Waals surface area contributed by atoms with Gasteiger partial charge in [0.15, 0.2) is 4.32 Å². The van der Waals surface area contributed by atoms with Crippen molar-refractivity contribution in [2.24, 2.45) is 0 Å². The smallest absolute Gasteiger partial charge is 0.285 e. The molecule has 1 saturated heterocycles. The Bertz CT molecular complexity index is 1280. The van der Waals surface area contributed by atoms with Crippen LogP contribution >= 0.6 is 35.6 Å². The first-order valence-corrected chi connectivity index (χ1v) is 11.6. The molecule has 2 heterocycles. The Hall–Kier alpha value is -3.07. The van der Waals surface area contributed by atoms with Gasteiger partial charge in [0.05, 0.1) is 12.0 Å². The molecule has 1 aliphatic rings. The van der Waals surface area contributed by atoms with Crippen molar-refractivity contribution in [1.29, 1.82) is 0 Å². The van der Waals surface area contributed by atoms with Crippen LogP contribution in [0.1, 0.15) is 27.3 Å². The highest BCUT2D eigenvalue weighted by atomic mass is 35.5. The quantitative estimate of drug-likeness (QED) is 0.382. The highest BCUT2D eigenvalue weighted by Crippen LogP contribution is 2.33. The van der Waals surface area contributed by atoms with E-state index in [-0.39, 0.29) is 10.2 Å². The third kappa shape index (κ3) is 4.68. The van der Waals surface area contributed by atoms with E-state index in [9.17, 15) is 9.59 Å². The first kappa shape index (κ1) is 23.1. The van der Waals surface area contributed by atoms with Crippen LogP contribution in [-0.4, -0.2) is 32.8 Å². The van der Waals surface area contributed by atoms with E-state index in [0.29, 0.717) is 21.2 Å². The highest BCUT2D eigenvalue weighted by molar-refractivity contribution is 8.26. The molecule has 9 heteroatoms. The summed E-state index contributed by atoms with van der Waals surface area (Å²) >= 11 is 12.5. The van der Waals surface area contributed by atoms with Gasteiger partial charge in [-0.15, -0.1) is 0 Å². The van der Waals surface area contributed by atoms with Gasteiger partial charge in [-0.25, -0.2) is 0 Å². The number of aromatic nitrogens is 1. The van der Waals surface area contributed by atoms with Crippen molar-refractivity contribution >= 4 is 57.8 Å². The van der Waals surface area contributed by atoms with E-state index in [2.05, 4.69) is 9.99 Å². The third-order valence-electron chi connectivity index (χ3n) is 5.20. The van der Waals surface area contributed by atoms with Crippen molar-refractivity contribution in [3.05, 3.63) is 87.0 Å². The van der Waals surface area contributed by atoms with E-state index in [0.717, 1.165) is 39.4 Å². The molecule has 0 atom stereocenters. The SMILES string of the molecule is COc1ccc(C(=O)NN2C(=O)/C(=C\c3cc(C)n(-c4ccc(Cl)cc4)c3C)SC2=S)cc1. The number of nitrogens with zero attached hydrogens (tertiary/aromatic N) is 2. The maximum atomic E-state index is 13.0. The number of amides is 2. The van der Waals surface area contributed by atoms with Crippen LogP contribution in [0.5, 0.6) is 5.75 Å². The first-order chi connectivity index (χ1) is 15.8. The number of benzene rings is 2. The summed E-state index contributed by atoms with van der Waals surface area (Å²) in [6.45, 7) is 3.98. The minimum absolute atomic E-state index is 0.264. The van der Waals surface area contributed by atoms with Gasteiger partial charge in [0.1, 0.15) is 5.75 Å². The second kappa shape index (κ2) is 9.43. The van der Waals surface area contributed by atoms with Gasteiger partial charge in [0, 0.05) is 27.7 Å². The molecule has 6 nitrogen and oxygen atoms in total. The van der Waals surface area contributed by atoms with Crippen molar-refractivity contribution in [3.63, 3.8) is 0 Å². The zero-order valence-electron chi connectivity index (χ0n) is 18.1. The molecule has 2 amide bonds. The lowest BCUT2D eigenvalue weighted by Crippen LogP contribution is -2.44. The average Bonchev–Trinajstić information content (AvgIpc) is 3.23. The number of thiocarbonyl (C=S) groups is 1. The fraction of sp³-hybridized carbons (Fsp3) is 0.125. The van der Waals surface area contributed by atoms with E-state index < -0.39 is 5.91 Å². The minimum Gasteiger partial charge on any atom is -0.497 e. The predicted octanol–water partition coefficient (Wildman–Crippen LogP) is 5.30. The minimum atomic E-state index is -0.434. The zero-order chi connectivity index (χ0) is 23.7. The normalized spacial score (nSPS) is 14.8. The summed E-state index contributed by atoms with van der Waals surface area (Å²) < 4.78 is 7.46. The largest absolute Gasteiger partial charge is 0.497 e. The molecule has 168 valence electrons. The summed E-state index contributed by atoms with van der Waals surface area (Å²) in [5.74, 6) is -0.171. The lowest BCUT2D eigenvalue weighted by atomic mass is 10.2. The Morgan fingerprint density at radius 1 is 1.12 bits per heavy atom. The fourth-order valence-corrected chi connectivity index (χ4v) is 4.83. The average molecular weight is 498 g/mol. The molecule has 1 aromatic heterocycles. The predicted molar refractivity (Wildman–Crippen MR) is 136 cm³/mol. The van der Waals surface area contributed by atoms with Crippen LogP contribution in [0.25, 0.3) is 11.8 Å². The van der Waals surface area contributed by atoms with E-state index in [1.54, 1.807) is 37.5 Å². The third-order valence-corrected chi connectivity index (χ3v) is 6.76. The first-order valence-electron chi connectivity index (χ1n) is 9.96. The van der Waals surface area contributed by atoms with E-state index in [1.165, 1.54) is 0 Å². The number of hydrogen-bond acceptors (Lipinski definition) is 5. The second-order valence-corrected chi connectivity index (χ2v) is 9.44. The van der Waals surface area contributed by atoms with Crippen molar-refractivity contribution in [2.45, 2.75) is 13.8 Å². The fourth-order valence-electron chi connectivity index (χ4n) is 3.54. The van der Waals surface area contributed by atoms with E-state index in [1.807, 2.05) is 44.2 Å². The number of carbonyl (C=O) groups excluding carboxylic acids is 2. The number of aryl methyl sites for hydroxylation is 1. The van der Waals surface area contributed by atoms with Crippen molar-refractivity contribution in [3.8, 4) is 11.4 Å². The summed E-state index contributed by atoms with van der Waals surface area (Å²) in [7, 11) is 1.55.